The number of ether oxygens (including phenoxy) is 1. The van der Waals surface area contributed by atoms with E-state index in [2.05, 4.69) is 10.3 Å². The second-order valence-electron chi connectivity index (χ2n) is 5.78. The Morgan fingerprint density at radius 1 is 1.21 bits per heavy atom. The Balaban J connectivity index is 2.04. The van der Waals surface area contributed by atoms with Crippen LogP contribution < -0.4 is 5.32 Å². The molecule has 28 heavy (non-hydrogen) atoms. The number of carbonyl (C=O) groups excluding carboxylic acids is 1. The summed E-state index contributed by atoms with van der Waals surface area (Å²) in [4.78, 5) is 25.6. The van der Waals surface area contributed by atoms with Crippen molar-refractivity contribution in [2.75, 3.05) is 11.9 Å². The van der Waals surface area contributed by atoms with E-state index >= 15 is 0 Å². The number of non-ortho nitro benzene ring substituents is 1. The summed E-state index contributed by atoms with van der Waals surface area (Å²) in [7, 11) is 0. The van der Waals surface area contributed by atoms with Gasteiger partial charge in [0.2, 0.25) is 0 Å². The highest BCUT2D eigenvalue weighted by atomic mass is 19.4. The Morgan fingerprint density at radius 3 is 2.46 bits per heavy atom. The summed E-state index contributed by atoms with van der Waals surface area (Å²) >= 11 is 0. The summed E-state index contributed by atoms with van der Waals surface area (Å²) in [6.07, 6.45) is -4.46. The molecule has 0 unspecified atom stereocenters. The summed E-state index contributed by atoms with van der Waals surface area (Å²) in [6.45, 7) is 1.73. The lowest BCUT2D eigenvalue weighted by Crippen LogP contribution is -2.07. The van der Waals surface area contributed by atoms with Crippen LogP contribution in [0.4, 0.5) is 30.4 Å². The van der Waals surface area contributed by atoms with Crippen LogP contribution in [0.15, 0.2) is 42.5 Å². The Morgan fingerprint density at radius 2 is 1.89 bits per heavy atom. The average Bonchev–Trinajstić information content (AvgIpc) is 2.98. The van der Waals surface area contributed by atoms with E-state index in [0.29, 0.717) is 16.6 Å². The maximum Gasteiger partial charge on any atom is 0.416 e. The van der Waals surface area contributed by atoms with Crippen LogP contribution in [0.25, 0.3) is 10.9 Å². The van der Waals surface area contributed by atoms with Crippen molar-refractivity contribution in [1.82, 2.24) is 4.98 Å². The fourth-order valence-electron chi connectivity index (χ4n) is 2.69. The van der Waals surface area contributed by atoms with E-state index in [1.165, 1.54) is 30.3 Å². The molecular weight excluding hydrogens is 379 g/mol. The zero-order valence-corrected chi connectivity index (χ0v) is 14.5. The van der Waals surface area contributed by atoms with Gasteiger partial charge < -0.3 is 15.0 Å². The summed E-state index contributed by atoms with van der Waals surface area (Å²) in [6, 6.07) is 8.15. The quantitative estimate of drug-likeness (QED) is 0.361. The predicted molar refractivity (Wildman–Crippen MR) is 95.6 cm³/mol. The number of carbonyl (C=O) groups is 1. The molecule has 0 atom stereocenters. The van der Waals surface area contributed by atoms with Gasteiger partial charge in [0.15, 0.2) is 0 Å². The number of fused-ring (bicyclic) bond motifs is 1. The van der Waals surface area contributed by atoms with Crippen LogP contribution in [0.2, 0.25) is 0 Å². The van der Waals surface area contributed by atoms with Gasteiger partial charge in [0.1, 0.15) is 11.4 Å². The molecule has 2 N–H and O–H groups in total. The maximum absolute atomic E-state index is 12.7. The normalized spacial score (nSPS) is 11.4. The molecule has 3 rings (SSSR count). The number of nitro benzene ring substituents is 1. The lowest BCUT2D eigenvalue weighted by molar-refractivity contribution is -0.384. The van der Waals surface area contributed by atoms with Crippen molar-refractivity contribution in [1.29, 1.82) is 0 Å². The first-order chi connectivity index (χ1) is 13.2. The van der Waals surface area contributed by atoms with Crippen LogP contribution in [-0.4, -0.2) is 22.5 Å². The van der Waals surface area contributed by atoms with Gasteiger partial charge in [0.25, 0.3) is 5.69 Å². The number of aromatic amines is 1. The van der Waals surface area contributed by atoms with E-state index in [1.807, 2.05) is 0 Å². The molecule has 7 nitrogen and oxygen atoms in total. The summed E-state index contributed by atoms with van der Waals surface area (Å²) < 4.78 is 43.1. The third-order valence-electron chi connectivity index (χ3n) is 3.95. The van der Waals surface area contributed by atoms with Gasteiger partial charge in [-0.15, -0.1) is 0 Å². The molecule has 1 heterocycles. The highest BCUT2D eigenvalue weighted by molar-refractivity contribution is 6.10. The van der Waals surface area contributed by atoms with Crippen LogP contribution in [0.5, 0.6) is 0 Å². The number of nitro groups is 1. The van der Waals surface area contributed by atoms with E-state index in [4.69, 9.17) is 4.74 Å². The number of alkyl halides is 3. The molecule has 0 saturated carbocycles. The minimum absolute atomic E-state index is 0.103. The van der Waals surface area contributed by atoms with Gasteiger partial charge in [-0.2, -0.15) is 13.2 Å². The molecule has 0 fully saturated rings. The van der Waals surface area contributed by atoms with Gasteiger partial charge in [-0.1, -0.05) is 0 Å². The van der Waals surface area contributed by atoms with Crippen LogP contribution in [-0.2, 0) is 10.9 Å². The first-order valence-electron chi connectivity index (χ1n) is 8.12. The minimum atomic E-state index is -4.46. The topological polar surface area (TPSA) is 97.3 Å². The zero-order valence-electron chi connectivity index (χ0n) is 14.5. The summed E-state index contributed by atoms with van der Waals surface area (Å²) in [5, 5.41) is 14.2. The van der Waals surface area contributed by atoms with E-state index in [0.717, 1.165) is 12.1 Å². The number of aromatic nitrogens is 1. The Bertz CT molecular complexity index is 1040. The number of nitrogens with one attached hydrogen (secondary N) is 2. The predicted octanol–water partition coefficient (Wildman–Crippen LogP) is 5.02. The first-order valence-corrected chi connectivity index (χ1v) is 8.12. The highest BCUT2D eigenvalue weighted by Gasteiger charge is 2.30. The van der Waals surface area contributed by atoms with Crippen molar-refractivity contribution < 1.29 is 27.6 Å². The minimum Gasteiger partial charge on any atom is -0.462 e. The molecule has 0 spiro atoms. The highest BCUT2D eigenvalue weighted by Crippen LogP contribution is 2.33. The van der Waals surface area contributed by atoms with Crippen LogP contribution in [0.3, 0.4) is 0 Å². The number of halogens is 3. The number of hydrogen-bond acceptors (Lipinski definition) is 5. The molecule has 1 aromatic heterocycles. The molecule has 0 saturated heterocycles. The van der Waals surface area contributed by atoms with Gasteiger partial charge in [0.05, 0.1) is 22.6 Å². The van der Waals surface area contributed by atoms with Gasteiger partial charge >= 0.3 is 12.1 Å². The fraction of sp³-hybridized carbons (Fsp3) is 0.167. The fourth-order valence-corrected chi connectivity index (χ4v) is 2.69. The lowest BCUT2D eigenvalue weighted by atomic mass is 10.1. The Hall–Kier alpha value is -3.56. The van der Waals surface area contributed by atoms with Crippen molar-refractivity contribution in [2.45, 2.75) is 13.1 Å². The third kappa shape index (κ3) is 3.75. The summed E-state index contributed by atoms with van der Waals surface area (Å²) in [5.41, 5.74) is -0.279. The number of benzene rings is 2. The zero-order chi connectivity index (χ0) is 20.5. The molecule has 0 aliphatic carbocycles. The van der Waals surface area contributed by atoms with Crippen molar-refractivity contribution in [3.8, 4) is 0 Å². The second-order valence-corrected chi connectivity index (χ2v) is 5.78. The Kier molecular flexibility index (Phi) is 4.95. The number of anilines is 2. The molecule has 0 amide bonds. The van der Waals surface area contributed by atoms with E-state index in [-0.39, 0.29) is 23.7 Å². The van der Waals surface area contributed by atoms with Crippen molar-refractivity contribution in [3.05, 3.63) is 63.7 Å². The van der Waals surface area contributed by atoms with Gasteiger partial charge in [-0.25, -0.2) is 4.79 Å². The largest absolute Gasteiger partial charge is 0.462 e. The number of H-pyrrole nitrogens is 1. The standard InChI is InChI=1S/C18H14F3N3O4/c1-2-28-17(25)15-13-8-7-12(24(26)27)9-14(13)23-16(15)22-11-5-3-10(4-6-11)18(19,20)21/h3-9,22-23H,2H2,1H3. The molecule has 146 valence electrons. The molecule has 3 aromatic rings. The SMILES string of the molecule is CCOC(=O)c1c(Nc2ccc(C(F)(F)F)cc2)[nH]c2cc([N+](=O)[O-])ccc12. The number of nitrogens with zero attached hydrogens (tertiary/aromatic N) is 1. The number of esters is 1. The van der Waals surface area contributed by atoms with Crippen LogP contribution in [0, 0.1) is 10.1 Å². The van der Waals surface area contributed by atoms with Crippen molar-refractivity contribution >= 4 is 34.1 Å². The van der Waals surface area contributed by atoms with Gasteiger partial charge in [-0.3, -0.25) is 10.1 Å². The molecule has 0 radical (unpaired) electrons. The lowest BCUT2D eigenvalue weighted by Gasteiger charge is -2.10. The van der Waals surface area contributed by atoms with Crippen LogP contribution in [0.1, 0.15) is 22.8 Å². The monoisotopic (exact) mass is 393 g/mol. The average molecular weight is 393 g/mol. The van der Waals surface area contributed by atoms with Gasteiger partial charge in [0, 0.05) is 23.2 Å². The Labute approximate surface area is 156 Å². The molecule has 0 bridgehead atoms. The molecule has 0 aliphatic rings. The van der Waals surface area contributed by atoms with E-state index < -0.39 is 22.6 Å². The van der Waals surface area contributed by atoms with Crippen molar-refractivity contribution in [3.63, 3.8) is 0 Å². The molecule has 10 heteroatoms. The summed E-state index contributed by atoms with van der Waals surface area (Å²) in [5.74, 6) is -0.509. The first kappa shape index (κ1) is 19.2. The number of rotatable bonds is 5. The smallest absolute Gasteiger partial charge is 0.416 e. The van der Waals surface area contributed by atoms with Crippen LogP contribution >= 0.6 is 0 Å². The van der Waals surface area contributed by atoms with Gasteiger partial charge in [-0.05, 0) is 37.3 Å². The van der Waals surface area contributed by atoms with Crippen molar-refractivity contribution in [2.24, 2.45) is 0 Å². The van der Waals surface area contributed by atoms with E-state index in [9.17, 15) is 28.1 Å². The number of hydrogen-bond donors (Lipinski definition) is 2. The third-order valence-corrected chi connectivity index (χ3v) is 3.95. The molecular formula is C18H14F3N3O4. The second kappa shape index (κ2) is 7.22. The molecule has 2 aromatic carbocycles. The molecule has 0 aliphatic heterocycles. The maximum atomic E-state index is 12.7. The van der Waals surface area contributed by atoms with E-state index in [1.54, 1.807) is 6.92 Å².